The van der Waals surface area contributed by atoms with E-state index in [9.17, 15) is 9.59 Å². The summed E-state index contributed by atoms with van der Waals surface area (Å²) in [5.41, 5.74) is 1.29. The molecule has 0 saturated carbocycles. The normalized spacial score (nSPS) is 15.1. The number of halogens is 2. The first-order valence-electron chi connectivity index (χ1n) is 9.38. The number of aliphatic imine (C=N–C) groups is 1. The van der Waals surface area contributed by atoms with E-state index in [1.807, 2.05) is 13.0 Å². The van der Waals surface area contributed by atoms with Crippen LogP contribution in [0.4, 0.5) is 4.79 Å². The number of carbonyl (C=O) groups is 2. The summed E-state index contributed by atoms with van der Waals surface area (Å²) in [6, 6.07) is 8.04. The Kier molecular flexibility index (Phi) is 11.4. The van der Waals surface area contributed by atoms with Crippen LogP contribution >= 0.6 is 39.9 Å². The first kappa shape index (κ1) is 24.7. The van der Waals surface area contributed by atoms with Crippen LogP contribution in [0.25, 0.3) is 0 Å². The highest BCUT2D eigenvalue weighted by atomic mass is 127. The summed E-state index contributed by atoms with van der Waals surface area (Å²) >= 11 is 3.52. The largest absolute Gasteiger partial charge is 0.357 e. The van der Waals surface area contributed by atoms with Crippen molar-refractivity contribution in [1.29, 1.82) is 0 Å². The molecule has 1 saturated heterocycles. The van der Waals surface area contributed by atoms with E-state index >= 15 is 0 Å². The second kappa shape index (κ2) is 13.0. The standard InChI is InChI=1S/C19H28BrN5O2.HI/c1-3-14(10-15-6-5-7-16(20)11-15)12-23-18(21-4-2)22-8-9-25-17(26)13-24-19(25)27;/h5-7,11,14H,3-4,8-10,12-13H2,1-2H3,(H,24,27)(H2,21,22,23);1H. The van der Waals surface area contributed by atoms with Gasteiger partial charge in [0.25, 0.3) is 0 Å². The van der Waals surface area contributed by atoms with Crippen molar-refractivity contribution < 1.29 is 9.59 Å². The van der Waals surface area contributed by atoms with Gasteiger partial charge in [-0.25, -0.2) is 4.79 Å². The van der Waals surface area contributed by atoms with Crippen LogP contribution in [-0.4, -0.2) is 55.5 Å². The number of amides is 3. The minimum atomic E-state index is -0.330. The Balaban J connectivity index is 0.00000392. The molecule has 1 heterocycles. The molecular weight excluding hydrogens is 537 g/mol. The fourth-order valence-corrected chi connectivity index (χ4v) is 3.31. The molecule has 1 aromatic carbocycles. The lowest BCUT2D eigenvalue weighted by Gasteiger charge is -2.17. The molecule has 156 valence electrons. The highest BCUT2D eigenvalue weighted by molar-refractivity contribution is 14.0. The molecule has 2 rings (SSSR count). The van der Waals surface area contributed by atoms with Gasteiger partial charge in [-0.1, -0.05) is 41.4 Å². The molecule has 28 heavy (non-hydrogen) atoms. The summed E-state index contributed by atoms with van der Waals surface area (Å²) in [6.45, 7) is 6.51. The van der Waals surface area contributed by atoms with Crippen LogP contribution in [-0.2, 0) is 11.2 Å². The number of imide groups is 1. The molecule has 0 aromatic heterocycles. The van der Waals surface area contributed by atoms with E-state index in [2.05, 4.69) is 62.0 Å². The average Bonchev–Trinajstić information content (AvgIpc) is 2.97. The Bertz CT molecular complexity index is 670. The van der Waals surface area contributed by atoms with Crippen molar-refractivity contribution >= 4 is 57.8 Å². The Morgan fingerprint density at radius 2 is 2.11 bits per heavy atom. The predicted molar refractivity (Wildman–Crippen MR) is 126 cm³/mol. The Labute approximate surface area is 192 Å². The van der Waals surface area contributed by atoms with Gasteiger partial charge in [-0.05, 0) is 37.0 Å². The van der Waals surface area contributed by atoms with E-state index in [-0.39, 0.29) is 42.5 Å². The van der Waals surface area contributed by atoms with Crippen molar-refractivity contribution in [2.45, 2.75) is 26.7 Å². The number of urea groups is 1. The number of hydrogen-bond donors (Lipinski definition) is 3. The van der Waals surface area contributed by atoms with E-state index in [0.717, 1.165) is 23.9 Å². The SMILES string of the molecule is CCNC(=NCC(CC)Cc1cccc(Br)c1)NCCN1C(=O)CNC1=O.I. The first-order valence-corrected chi connectivity index (χ1v) is 10.2. The summed E-state index contributed by atoms with van der Waals surface area (Å²) in [4.78, 5) is 29.1. The summed E-state index contributed by atoms with van der Waals surface area (Å²) in [6.07, 6.45) is 2.01. The molecule has 3 N–H and O–H groups in total. The van der Waals surface area contributed by atoms with Gasteiger partial charge >= 0.3 is 6.03 Å². The lowest BCUT2D eigenvalue weighted by atomic mass is 9.97. The van der Waals surface area contributed by atoms with Gasteiger partial charge in [0.05, 0.1) is 6.54 Å². The number of benzene rings is 1. The molecule has 0 aliphatic carbocycles. The monoisotopic (exact) mass is 565 g/mol. The van der Waals surface area contributed by atoms with Crippen LogP contribution in [0.1, 0.15) is 25.8 Å². The van der Waals surface area contributed by atoms with Crippen LogP contribution in [0.2, 0.25) is 0 Å². The van der Waals surface area contributed by atoms with Crippen LogP contribution in [0, 0.1) is 5.92 Å². The predicted octanol–water partition coefficient (Wildman–Crippen LogP) is 2.74. The zero-order valence-corrected chi connectivity index (χ0v) is 20.2. The molecule has 0 spiro atoms. The third-order valence-electron chi connectivity index (χ3n) is 4.41. The maximum atomic E-state index is 11.6. The number of guanidine groups is 1. The molecule has 7 nitrogen and oxygen atoms in total. The number of hydrogen-bond acceptors (Lipinski definition) is 3. The van der Waals surface area contributed by atoms with Crippen molar-refractivity contribution in [3.8, 4) is 0 Å². The van der Waals surface area contributed by atoms with Crippen LogP contribution in [0.3, 0.4) is 0 Å². The fourth-order valence-electron chi connectivity index (χ4n) is 2.87. The topological polar surface area (TPSA) is 85.8 Å². The molecule has 1 unspecified atom stereocenters. The van der Waals surface area contributed by atoms with Crippen LogP contribution < -0.4 is 16.0 Å². The summed E-state index contributed by atoms with van der Waals surface area (Å²) in [7, 11) is 0. The highest BCUT2D eigenvalue weighted by Gasteiger charge is 2.27. The summed E-state index contributed by atoms with van der Waals surface area (Å²) in [5.74, 6) is 0.960. The van der Waals surface area contributed by atoms with Gasteiger partial charge in [-0.2, -0.15) is 0 Å². The van der Waals surface area contributed by atoms with Crippen molar-refractivity contribution in [2.24, 2.45) is 10.9 Å². The van der Waals surface area contributed by atoms with Gasteiger partial charge < -0.3 is 16.0 Å². The van der Waals surface area contributed by atoms with Crippen molar-refractivity contribution in [3.05, 3.63) is 34.3 Å². The molecule has 0 radical (unpaired) electrons. The van der Waals surface area contributed by atoms with Crippen LogP contribution in [0.15, 0.2) is 33.7 Å². The van der Waals surface area contributed by atoms with E-state index in [1.54, 1.807) is 0 Å². The lowest BCUT2D eigenvalue weighted by Crippen LogP contribution is -2.43. The maximum Gasteiger partial charge on any atom is 0.324 e. The quantitative estimate of drug-likeness (QED) is 0.186. The second-order valence-electron chi connectivity index (χ2n) is 6.46. The Morgan fingerprint density at radius 3 is 2.71 bits per heavy atom. The summed E-state index contributed by atoms with van der Waals surface area (Å²) < 4.78 is 1.09. The van der Waals surface area contributed by atoms with Gasteiger partial charge in [0.15, 0.2) is 5.96 Å². The minimum absolute atomic E-state index is 0. The van der Waals surface area contributed by atoms with Crippen molar-refractivity contribution in [3.63, 3.8) is 0 Å². The van der Waals surface area contributed by atoms with Gasteiger partial charge in [0.2, 0.25) is 5.91 Å². The Morgan fingerprint density at radius 1 is 1.32 bits per heavy atom. The zero-order valence-electron chi connectivity index (χ0n) is 16.3. The number of nitrogens with zero attached hydrogens (tertiary/aromatic N) is 2. The maximum absolute atomic E-state index is 11.6. The molecule has 9 heteroatoms. The van der Waals surface area contributed by atoms with Gasteiger partial charge in [-0.15, -0.1) is 24.0 Å². The van der Waals surface area contributed by atoms with E-state index in [0.29, 0.717) is 31.5 Å². The van der Waals surface area contributed by atoms with E-state index in [4.69, 9.17) is 0 Å². The molecular formula is C19H29BrIN5O2. The molecule has 1 aromatic rings. The molecule has 1 fully saturated rings. The third kappa shape index (κ3) is 7.94. The smallest absolute Gasteiger partial charge is 0.324 e. The number of rotatable bonds is 9. The highest BCUT2D eigenvalue weighted by Crippen LogP contribution is 2.17. The fraction of sp³-hybridized carbons (Fsp3) is 0.526. The third-order valence-corrected chi connectivity index (χ3v) is 4.90. The first-order chi connectivity index (χ1) is 13.0. The molecule has 1 aliphatic rings. The van der Waals surface area contributed by atoms with Gasteiger partial charge in [0.1, 0.15) is 0 Å². The van der Waals surface area contributed by atoms with Crippen molar-refractivity contribution in [1.82, 2.24) is 20.9 Å². The molecule has 1 atom stereocenters. The zero-order chi connectivity index (χ0) is 19.6. The average molecular weight is 566 g/mol. The Hall–Kier alpha value is -1.36. The summed E-state index contributed by atoms with van der Waals surface area (Å²) in [5, 5.41) is 8.93. The van der Waals surface area contributed by atoms with Gasteiger partial charge in [0, 0.05) is 30.7 Å². The number of nitrogens with one attached hydrogen (secondary N) is 3. The van der Waals surface area contributed by atoms with E-state index in [1.165, 1.54) is 10.5 Å². The molecule has 0 bridgehead atoms. The number of carbonyl (C=O) groups excluding carboxylic acids is 2. The second-order valence-corrected chi connectivity index (χ2v) is 7.37. The van der Waals surface area contributed by atoms with E-state index < -0.39 is 0 Å². The van der Waals surface area contributed by atoms with Gasteiger partial charge in [-0.3, -0.25) is 14.7 Å². The molecule has 1 aliphatic heterocycles. The van der Waals surface area contributed by atoms with Crippen molar-refractivity contribution in [2.75, 3.05) is 32.7 Å². The lowest BCUT2D eigenvalue weighted by molar-refractivity contribution is -0.124. The minimum Gasteiger partial charge on any atom is -0.357 e. The van der Waals surface area contributed by atoms with Crippen LogP contribution in [0.5, 0.6) is 0 Å². The molecule has 3 amide bonds.